The summed E-state index contributed by atoms with van der Waals surface area (Å²) < 4.78 is 1.47. The Balaban J connectivity index is 1.60. The first kappa shape index (κ1) is 22.0. The van der Waals surface area contributed by atoms with Crippen LogP contribution in [0.4, 0.5) is 0 Å². The van der Waals surface area contributed by atoms with Crippen molar-refractivity contribution in [3.8, 4) is 5.82 Å². The highest BCUT2D eigenvalue weighted by Crippen LogP contribution is 2.22. The van der Waals surface area contributed by atoms with Gasteiger partial charge in [-0.3, -0.25) is 9.59 Å². The molecule has 0 aliphatic carbocycles. The Morgan fingerprint density at radius 3 is 2.66 bits per heavy atom. The number of pyridine rings is 1. The number of nitrogens with zero attached hydrogens (tertiary/aromatic N) is 3. The standard InChI is InChI=1S/C24H21ClN4O2S/c1-15-11-12-26-21(13-15)29-23(31)19-5-3-4-6-20(19)28-24(29)32-14-22(30)27-16(2)17-7-9-18(25)10-8-17/h3-13,16H,14H2,1-2H3,(H,27,30). The van der Waals surface area contributed by atoms with Gasteiger partial charge < -0.3 is 5.32 Å². The second kappa shape index (κ2) is 9.54. The Hall–Kier alpha value is -3.16. The quantitative estimate of drug-likeness (QED) is 0.330. The second-order valence-electron chi connectivity index (χ2n) is 7.37. The number of amides is 1. The van der Waals surface area contributed by atoms with Crippen molar-refractivity contribution in [3.05, 3.63) is 93.4 Å². The van der Waals surface area contributed by atoms with Crippen molar-refractivity contribution in [2.45, 2.75) is 25.0 Å². The van der Waals surface area contributed by atoms with Gasteiger partial charge in [0, 0.05) is 11.2 Å². The van der Waals surface area contributed by atoms with Gasteiger partial charge in [0.2, 0.25) is 5.91 Å². The molecule has 0 fully saturated rings. The van der Waals surface area contributed by atoms with Crippen LogP contribution in [0, 0.1) is 6.92 Å². The van der Waals surface area contributed by atoms with E-state index in [0.717, 1.165) is 11.1 Å². The van der Waals surface area contributed by atoms with Gasteiger partial charge in [-0.05, 0) is 61.4 Å². The lowest BCUT2D eigenvalue weighted by molar-refractivity contribution is -0.119. The molecule has 6 nitrogen and oxygen atoms in total. The summed E-state index contributed by atoms with van der Waals surface area (Å²) in [6.07, 6.45) is 1.65. The molecule has 8 heteroatoms. The van der Waals surface area contributed by atoms with Gasteiger partial charge in [0.15, 0.2) is 5.16 Å². The Bertz CT molecular complexity index is 1340. The summed E-state index contributed by atoms with van der Waals surface area (Å²) in [5, 5.41) is 4.54. The Kier molecular flexibility index (Phi) is 6.58. The van der Waals surface area contributed by atoms with Crippen molar-refractivity contribution in [1.29, 1.82) is 0 Å². The normalized spacial score (nSPS) is 12.0. The van der Waals surface area contributed by atoms with Crippen LogP contribution in [-0.4, -0.2) is 26.2 Å². The molecule has 0 radical (unpaired) electrons. The number of hydrogen-bond donors (Lipinski definition) is 1. The van der Waals surface area contributed by atoms with Crippen LogP contribution in [0.1, 0.15) is 24.1 Å². The van der Waals surface area contributed by atoms with Gasteiger partial charge in [-0.2, -0.15) is 0 Å². The van der Waals surface area contributed by atoms with Gasteiger partial charge in [-0.1, -0.05) is 47.6 Å². The largest absolute Gasteiger partial charge is 0.349 e. The van der Waals surface area contributed by atoms with Crippen LogP contribution in [0.3, 0.4) is 0 Å². The molecule has 1 amide bonds. The first-order valence-corrected chi connectivity index (χ1v) is 11.4. The minimum Gasteiger partial charge on any atom is -0.349 e. The summed E-state index contributed by atoms with van der Waals surface area (Å²) in [4.78, 5) is 34.9. The summed E-state index contributed by atoms with van der Waals surface area (Å²) in [6, 6.07) is 18.0. The maximum absolute atomic E-state index is 13.3. The predicted octanol–water partition coefficient (Wildman–Crippen LogP) is 4.71. The van der Waals surface area contributed by atoms with Gasteiger partial charge >= 0.3 is 0 Å². The highest BCUT2D eigenvalue weighted by molar-refractivity contribution is 7.99. The van der Waals surface area contributed by atoms with Gasteiger partial charge in [-0.15, -0.1) is 0 Å². The summed E-state index contributed by atoms with van der Waals surface area (Å²) in [5.41, 5.74) is 2.29. The van der Waals surface area contributed by atoms with Crippen LogP contribution in [0.2, 0.25) is 5.02 Å². The van der Waals surface area contributed by atoms with Crippen LogP contribution < -0.4 is 10.9 Å². The average molecular weight is 465 g/mol. The molecule has 4 rings (SSSR count). The number of carbonyl (C=O) groups is 1. The number of para-hydroxylation sites is 1. The fourth-order valence-electron chi connectivity index (χ4n) is 3.30. The molecule has 0 aliphatic heterocycles. The van der Waals surface area contributed by atoms with Gasteiger partial charge in [0.25, 0.3) is 5.56 Å². The molecule has 0 saturated heterocycles. The van der Waals surface area contributed by atoms with E-state index in [1.807, 2.05) is 44.2 Å². The third-order valence-electron chi connectivity index (χ3n) is 4.95. The van der Waals surface area contributed by atoms with E-state index in [2.05, 4.69) is 15.3 Å². The lowest BCUT2D eigenvalue weighted by Gasteiger charge is -2.15. The summed E-state index contributed by atoms with van der Waals surface area (Å²) in [5.74, 6) is 0.420. The fourth-order valence-corrected chi connectivity index (χ4v) is 4.24. The average Bonchev–Trinajstić information content (AvgIpc) is 2.78. The predicted molar refractivity (Wildman–Crippen MR) is 129 cm³/mol. The summed E-state index contributed by atoms with van der Waals surface area (Å²) in [7, 11) is 0. The van der Waals surface area contributed by atoms with E-state index in [4.69, 9.17) is 11.6 Å². The third-order valence-corrected chi connectivity index (χ3v) is 6.15. The number of hydrogen-bond acceptors (Lipinski definition) is 5. The first-order valence-electron chi connectivity index (χ1n) is 10.0. The first-order chi connectivity index (χ1) is 15.4. The number of fused-ring (bicyclic) bond motifs is 1. The molecule has 2 aromatic heterocycles. The zero-order valence-electron chi connectivity index (χ0n) is 17.6. The van der Waals surface area contributed by atoms with Crippen LogP contribution in [0.25, 0.3) is 16.7 Å². The molecule has 0 aliphatic rings. The molecule has 2 heterocycles. The lowest BCUT2D eigenvalue weighted by atomic mass is 10.1. The number of aromatic nitrogens is 3. The number of nitrogens with one attached hydrogen (secondary N) is 1. The minimum atomic E-state index is -0.217. The second-order valence-corrected chi connectivity index (χ2v) is 8.75. The molecule has 32 heavy (non-hydrogen) atoms. The number of carbonyl (C=O) groups excluding carboxylic acids is 1. The third kappa shape index (κ3) is 4.84. The molecule has 1 atom stereocenters. The maximum Gasteiger partial charge on any atom is 0.267 e. The van der Waals surface area contributed by atoms with E-state index < -0.39 is 0 Å². The van der Waals surface area contributed by atoms with Crippen LogP contribution in [-0.2, 0) is 4.79 Å². The van der Waals surface area contributed by atoms with Crippen LogP contribution in [0.5, 0.6) is 0 Å². The molecule has 0 bridgehead atoms. The van der Waals surface area contributed by atoms with Gasteiger partial charge in [0.05, 0.1) is 22.7 Å². The highest BCUT2D eigenvalue weighted by Gasteiger charge is 2.17. The van der Waals surface area contributed by atoms with E-state index in [9.17, 15) is 9.59 Å². The Morgan fingerprint density at radius 2 is 1.91 bits per heavy atom. The van der Waals surface area contributed by atoms with Crippen molar-refractivity contribution in [2.24, 2.45) is 0 Å². The van der Waals surface area contributed by atoms with Crippen molar-refractivity contribution < 1.29 is 4.79 Å². The van der Waals surface area contributed by atoms with Gasteiger partial charge in [0.1, 0.15) is 5.82 Å². The number of thioether (sulfide) groups is 1. The lowest BCUT2D eigenvalue weighted by Crippen LogP contribution is -2.29. The number of rotatable bonds is 6. The molecule has 1 unspecified atom stereocenters. The van der Waals surface area contributed by atoms with E-state index in [1.54, 1.807) is 36.5 Å². The maximum atomic E-state index is 13.3. The van der Waals surface area contributed by atoms with Crippen LogP contribution in [0.15, 0.2) is 76.8 Å². The van der Waals surface area contributed by atoms with E-state index >= 15 is 0 Å². The van der Waals surface area contributed by atoms with Crippen molar-refractivity contribution in [2.75, 3.05) is 5.75 Å². The fraction of sp³-hybridized carbons (Fsp3) is 0.167. The Labute approximate surface area is 194 Å². The molecule has 4 aromatic rings. The van der Waals surface area contributed by atoms with Crippen molar-refractivity contribution in [3.63, 3.8) is 0 Å². The number of aryl methyl sites for hydroxylation is 1. The summed E-state index contributed by atoms with van der Waals surface area (Å²) >= 11 is 7.14. The number of benzene rings is 2. The molecule has 1 N–H and O–H groups in total. The van der Waals surface area contributed by atoms with E-state index in [0.29, 0.717) is 26.9 Å². The molecular weight excluding hydrogens is 444 g/mol. The topological polar surface area (TPSA) is 76.9 Å². The minimum absolute atomic E-state index is 0.106. The monoisotopic (exact) mass is 464 g/mol. The zero-order chi connectivity index (χ0) is 22.7. The Morgan fingerprint density at radius 1 is 1.16 bits per heavy atom. The molecule has 2 aromatic carbocycles. The molecule has 162 valence electrons. The number of halogens is 1. The van der Waals surface area contributed by atoms with Crippen molar-refractivity contribution in [1.82, 2.24) is 19.9 Å². The van der Waals surface area contributed by atoms with Crippen LogP contribution >= 0.6 is 23.4 Å². The molecule has 0 saturated carbocycles. The summed E-state index contributed by atoms with van der Waals surface area (Å²) in [6.45, 7) is 3.84. The molecular formula is C24H21ClN4O2S. The van der Waals surface area contributed by atoms with Gasteiger partial charge in [-0.25, -0.2) is 14.5 Å². The van der Waals surface area contributed by atoms with E-state index in [-0.39, 0.29) is 23.3 Å². The van der Waals surface area contributed by atoms with Crippen molar-refractivity contribution >= 4 is 40.2 Å². The van der Waals surface area contributed by atoms with E-state index in [1.165, 1.54) is 16.3 Å². The molecule has 0 spiro atoms. The highest BCUT2D eigenvalue weighted by atomic mass is 35.5. The smallest absolute Gasteiger partial charge is 0.267 e. The SMILES string of the molecule is Cc1ccnc(-n2c(SCC(=O)NC(C)c3ccc(Cl)cc3)nc3ccccc3c2=O)c1. The zero-order valence-corrected chi connectivity index (χ0v) is 19.2.